The van der Waals surface area contributed by atoms with Gasteiger partial charge in [-0.1, -0.05) is 36.4 Å². The summed E-state index contributed by atoms with van der Waals surface area (Å²) in [5.41, 5.74) is 4.37. The molecular weight excluding hydrogens is 426 g/mol. The third-order valence-electron chi connectivity index (χ3n) is 7.18. The van der Waals surface area contributed by atoms with Crippen LogP contribution in [0.25, 0.3) is 21.8 Å². The van der Waals surface area contributed by atoms with Crippen molar-refractivity contribution < 1.29 is 9.59 Å². The second kappa shape index (κ2) is 8.25. The molecule has 0 N–H and O–H groups in total. The number of carbonyl (C=O) groups is 2. The van der Waals surface area contributed by atoms with Crippen LogP contribution in [0, 0.1) is 0 Å². The van der Waals surface area contributed by atoms with Crippen LogP contribution in [0.5, 0.6) is 0 Å². The Balaban J connectivity index is 1.22. The number of hydrogen-bond acceptors (Lipinski definition) is 4. The van der Waals surface area contributed by atoms with Gasteiger partial charge in [-0.05, 0) is 29.3 Å². The van der Waals surface area contributed by atoms with E-state index in [-0.39, 0.29) is 18.4 Å². The van der Waals surface area contributed by atoms with Gasteiger partial charge in [0.1, 0.15) is 12.6 Å². The van der Waals surface area contributed by atoms with E-state index in [9.17, 15) is 9.59 Å². The number of fused-ring (bicyclic) bond motifs is 3. The molecule has 2 saturated heterocycles. The molecule has 2 aromatic heterocycles. The molecule has 0 saturated carbocycles. The van der Waals surface area contributed by atoms with Crippen molar-refractivity contribution in [2.24, 2.45) is 7.05 Å². The quantitative estimate of drug-likeness (QED) is 0.477. The smallest absolute Gasteiger partial charge is 0.247 e. The lowest BCUT2D eigenvalue weighted by Crippen LogP contribution is -2.66. The lowest BCUT2D eigenvalue weighted by molar-refractivity contribution is -0.160. The van der Waals surface area contributed by atoms with Crippen LogP contribution >= 0.6 is 0 Å². The van der Waals surface area contributed by atoms with Crippen molar-refractivity contribution in [2.45, 2.75) is 19.1 Å². The monoisotopic (exact) mass is 453 g/mol. The zero-order valence-corrected chi connectivity index (χ0v) is 19.2. The number of benzene rings is 2. The molecule has 7 nitrogen and oxygen atoms in total. The molecule has 2 aliphatic rings. The maximum Gasteiger partial charge on any atom is 0.247 e. The predicted molar refractivity (Wildman–Crippen MR) is 131 cm³/mol. The number of carbonyl (C=O) groups excluding carboxylic acids is 2. The summed E-state index contributed by atoms with van der Waals surface area (Å²) in [6, 6.07) is 17.9. The van der Waals surface area contributed by atoms with Crippen molar-refractivity contribution in [1.82, 2.24) is 24.3 Å². The average molecular weight is 454 g/mol. The van der Waals surface area contributed by atoms with Crippen molar-refractivity contribution in [1.29, 1.82) is 0 Å². The van der Waals surface area contributed by atoms with E-state index in [0.29, 0.717) is 19.6 Å². The molecule has 34 heavy (non-hydrogen) atoms. The Hall–Kier alpha value is -3.71. The highest BCUT2D eigenvalue weighted by Crippen LogP contribution is 2.26. The minimum atomic E-state index is -0.432. The number of pyridine rings is 1. The number of amides is 2. The van der Waals surface area contributed by atoms with Gasteiger partial charge in [0.05, 0.1) is 5.52 Å². The molecule has 1 atom stereocenters. The van der Waals surface area contributed by atoms with Crippen molar-refractivity contribution in [3.05, 3.63) is 78.1 Å². The topological polar surface area (TPSA) is 61.7 Å². The number of nitrogens with zero attached hydrogens (tertiary/aromatic N) is 5. The fourth-order valence-electron chi connectivity index (χ4n) is 5.46. The van der Waals surface area contributed by atoms with Crippen LogP contribution < -0.4 is 0 Å². The van der Waals surface area contributed by atoms with Crippen molar-refractivity contribution in [3.63, 3.8) is 0 Å². The van der Waals surface area contributed by atoms with Crippen molar-refractivity contribution >= 4 is 33.6 Å². The molecular formula is C27H27N5O2. The first kappa shape index (κ1) is 20.9. The summed E-state index contributed by atoms with van der Waals surface area (Å²) in [7, 11) is 2.01. The van der Waals surface area contributed by atoms with Crippen LogP contribution in [0.3, 0.4) is 0 Å². The van der Waals surface area contributed by atoms with Crippen molar-refractivity contribution in [3.8, 4) is 0 Å². The fraction of sp³-hybridized carbons (Fsp3) is 0.296. The molecule has 6 rings (SSSR count). The average Bonchev–Trinajstić information content (AvgIpc) is 3.18. The van der Waals surface area contributed by atoms with Crippen LogP contribution in [0.2, 0.25) is 0 Å². The zero-order valence-electron chi connectivity index (χ0n) is 19.2. The minimum Gasteiger partial charge on any atom is -0.350 e. The third kappa shape index (κ3) is 3.53. The first-order valence-electron chi connectivity index (χ1n) is 11.7. The molecule has 2 aliphatic heterocycles. The van der Waals surface area contributed by atoms with Gasteiger partial charge in [0.2, 0.25) is 11.8 Å². The van der Waals surface area contributed by atoms with E-state index in [4.69, 9.17) is 0 Å². The highest BCUT2D eigenvalue weighted by atomic mass is 16.2. The Bertz CT molecular complexity index is 1410. The van der Waals surface area contributed by atoms with E-state index in [1.165, 1.54) is 5.56 Å². The summed E-state index contributed by atoms with van der Waals surface area (Å²) < 4.78 is 2.08. The summed E-state index contributed by atoms with van der Waals surface area (Å²) in [6.45, 7) is 3.22. The molecule has 4 aromatic rings. The molecule has 1 unspecified atom stereocenters. The molecule has 2 aromatic carbocycles. The summed E-state index contributed by atoms with van der Waals surface area (Å²) >= 11 is 0. The predicted octanol–water partition coefficient (Wildman–Crippen LogP) is 2.78. The first-order valence-corrected chi connectivity index (χ1v) is 11.7. The maximum absolute atomic E-state index is 13.6. The Morgan fingerprint density at radius 3 is 2.59 bits per heavy atom. The normalized spacial score (nSPS) is 19.3. The highest BCUT2D eigenvalue weighted by molar-refractivity contribution is 5.95. The molecule has 7 heteroatoms. The Kier molecular flexibility index (Phi) is 5.07. The maximum atomic E-state index is 13.6. The van der Waals surface area contributed by atoms with Crippen LogP contribution in [0.4, 0.5) is 0 Å². The number of rotatable bonds is 4. The summed E-state index contributed by atoms with van der Waals surface area (Å²) in [4.78, 5) is 36.8. The molecule has 172 valence electrons. The lowest BCUT2D eigenvalue weighted by atomic mass is 10.0. The van der Waals surface area contributed by atoms with Crippen LogP contribution in [-0.4, -0.2) is 68.3 Å². The van der Waals surface area contributed by atoms with E-state index in [1.54, 1.807) is 9.80 Å². The number of aryl methyl sites for hydroxylation is 1. The molecule has 0 spiro atoms. The fourth-order valence-corrected chi connectivity index (χ4v) is 5.46. The first-order chi connectivity index (χ1) is 16.6. The summed E-state index contributed by atoms with van der Waals surface area (Å²) in [5, 5.41) is 2.26. The molecule has 4 heterocycles. The standard InChI is InChI=1S/C27H27N5O2/c1-29-14-20(22-7-3-5-9-24(22)29)16-31-18-26(33)32-13-12-30(17-25(32)27(31)34)15-19-10-11-28-23-8-4-2-6-21(19)23/h2-11,14,25H,12-13,15-18H2,1H3. The van der Waals surface area contributed by atoms with Gasteiger partial charge in [-0.15, -0.1) is 0 Å². The van der Waals surface area contributed by atoms with E-state index in [2.05, 4.69) is 44.9 Å². The number of hydrogen-bond donors (Lipinski definition) is 0. The van der Waals surface area contributed by atoms with Crippen molar-refractivity contribution in [2.75, 3.05) is 26.2 Å². The molecule has 2 amide bonds. The lowest BCUT2D eigenvalue weighted by Gasteiger charge is -2.46. The van der Waals surface area contributed by atoms with Gasteiger partial charge in [0, 0.05) is 68.5 Å². The number of aromatic nitrogens is 2. The van der Waals surface area contributed by atoms with Gasteiger partial charge in [-0.25, -0.2) is 0 Å². The minimum absolute atomic E-state index is 0.0387. The summed E-state index contributed by atoms with van der Waals surface area (Å²) in [6.07, 6.45) is 3.91. The van der Waals surface area contributed by atoms with E-state index in [1.807, 2.05) is 43.6 Å². The molecule has 0 radical (unpaired) electrons. The number of piperazine rings is 2. The SMILES string of the molecule is Cn1cc(CN2CC(=O)N3CCN(Cc4ccnc5ccccc45)CC3C2=O)c2ccccc21. The second-order valence-corrected chi connectivity index (χ2v) is 9.30. The van der Waals surface area contributed by atoms with Crippen LogP contribution in [-0.2, 0) is 29.7 Å². The Labute approximate surface area is 198 Å². The highest BCUT2D eigenvalue weighted by Gasteiger charge is 2.42. The van der Waals surface area contributed by atoms with E-state index >= 15 is 0 Å². The Morgan fingerprint density at radius 1 is 0.912 bits per heavy atom. The third-order valence-corrected chi connectivity index (χ3v) is 7.18. The molecule has 0 bridgehead atoms. The summed E-state index contributed by atoms with van der Waals surface area (Å²) in [5.74, 6) is 0.0793. The zero-order chi connectivity index (χ0) is 23.2. The van der Waals surface area contributed by atoms with Gasteiger partial charge >= 0.3 is 0 Å². The molecule has 0 aliphatic carbocycles. The van der Waals surface area contributed by atoms with Gasteiger partial charge in [0.15, 0.2) is 0 Å². The van der Waals surface area contributed by atoms with Crippen LogP contribution in [0.1, 0.15) is 11.1 Å². The van der Waals surface area contributed by atoms with Gasteiger partial charge < -0.3 is 14.4 Å². The second-order valence-electron chi connectivity index (χ2n) is 9.30. The van der Waals surface area contributed by atoms with Gasteiger partial charge in [-0.3, -0.25) is 19.5 Å². The van der Waals surface area contributed by atoms with E-state index < -0.39 is 6.04 Å². The number of para-hydroxylation sites is 2. The van der Waals surface area contributed by atoms with Gasteiger partial charge in [0.25, 0.3) is 0 Å². The largest absolute Gasteiger partial charge is 0.350 e. The van der Waals surface area contributed by atoms with E-state index in [0.717, 1.165) is 40.5 Å². The van der Waals surface area contributed by atoms with Gasteiger partial charge in [-0.2, -0.15) is 0 Å². The Morgan fingerprint density at radius 2 is 1.71 bits per heavy atom. The molecule has 2 fully saturated rings. The van der Waals surface area contributed by atoms with Crippen LogP contribution in [0.15, 0.2) is 67.0 Å².